The van der Waals surface area contributed by atoms with Crippen molar-refractivity contribution in [2.24, 2.45) is 0 Å². The minimum absolute atomic E-state index is 0.293. The van der Waals surface area contributed by atoms with Crippen molar-refractivity contribution in [2.75, 3.05) is 11.5 Å². The van der Waals surface area contributed by atoms with Crippen molar-refractivity contribution in [1.82, 2.24) is 0 Å². The summed E-state index contributed by atoms with van der Waals surface area (Å²) in [7, 11) is -1.36. The fourth-order valence-corrected chi connectivity index (χ4v) is 1.73. The molecule has 0 bridgehead atoms. The lowest BCUT2D eigenvalue weighted by atomic mass is 10.1. The van der Waals surface area contributed by atoms with Crippen LogP contribution in [0.1, 0.15) is 17.3 Å². The third-order valence-electron chi connectivity index (χ3n) is 1.86. The van der Waals surface area contributed by atoms with E-state index in [1.165, 1.54) is 6.07 Å². The Morgan fingerprint density at radius 1 is 1.33 bits per heavy atom. The molecule has 0 aromatic heterocycles. The van der Waals surface area contributed by atoms with Gasteiger partial charge in [-0.2, -0.15) is 0 Å². The molecule has 15 heavy (non-hydrogen) atoms. The van der Waals surface area contributed by atoms with Gasteiger partial charge in [-0.25, -0.2) is 8.78 Å². The van der Waals surface area contributed by atoms with E-state index in [4.69, 9.17) is 0 Å². The van der Waals surface area contributed by atoms with Crippen molar-refractivity contribution in [3.63, 3.8) is 0 Å². The van der Waals surface area contributed by atoms with Crippen LogP contribution in [-0.4, -0.2) is 21.5 Å². The first-order chi connectivity index (χ1) is 7.06. The monoisotopic (exact) mass is 232 g/mol. The van der Waals surface area contributed by atoms with Gasteiger partial charge in [0.25, 0.3) is 0 Å². The summed E-state index contributed by atoms with van der Waals surface area (Å²) in [6, 6.07) is 3.19. The van der Waals surface area contributed by atoms with E-state index in [1.807, 2.05) is 0 Å². The van der Waals surface area contributed by atoms with Crippen LogP contribution < -0.4 is 0 Å². The van der Waals surface area contributed by atoms with Crippen LogP contribution in [0.15, 0.2) is 18.2 Å². The Labute approximate surface area is 88.8 Å². The van der Waals surface area contributed by atoms with Crippen molar-refractivity contribution in [3.05, 3.63) is 35.4 Å². The van der Waals surface area contributed by atoms with E-state index in [-0.39, 0.29) is 5.75 Å². The van der Waals surface area contributed by atoms with Gasteiger partial charge in [0.2, 0.25) is 0 Å². The van der Waals surface area contributed by atoms with Gasteiger partial charge in [0.15, 0.2) is 5.78 Å². The lowest BCUT2D eigenvalue weighted by Gasteiger charge is -2.02. The molecule has 0 aliphatic carbocycles. The van der Waals surface area contributed by atoms with Gasteiger partial charge in [0.05, 0.1) is 11.3 Å². The number of hydrogen-bond donors (Lipinski definition) is 0. The van der Waals surface area contributed by atoms with Crippen LogP contribution in [0.3, 0.4) is 0 Å². The van der Waals surface area contributed by atoms with Crippen molar-refractivity contribution >= 4 is 16.6 Å². The number of Topliss-reactive ketones (excluding diaryl/α,β-unsaturated/α-hetero) is 1. The lowest BCUT2D eigenvalue weighted by molar-refractivity contribution is 0.101. The number of ketones is 1. The van der Waals surface area contributed by atoms with Crippen LogP contribution in [0, 0.1) is 11.6 Å². The highest BCUT2D eigenvalue weighted by Gasteiger charge is 2.18. The van der Waals surface area contributed by atoms with E-state index in [2.05, 4.69) is 0 Å². The Morgan fingerprint density at radius 3 is 2.33 bits per heavy atom. The zero-order chi connectivity index (χ0) is 11.4. The van der Waals surface area contributed by atoms with E-state index >= 15 is 0 Å². The molecule has 0 saturated carbocycles. The minimum atomic E-state index is -1.36. The summed E-state index contributed by atoms with van der Waals surface area (Å²) in [5.41, 5.74) is -0.598. The molecule has 0 N–H and O–H groups in total. The Balaban J connectivity index is 2.96. The number of hydrogen-bond acceptors (Lipinski definition) is 2. The molecule has 82 valence electrons. The van der Waals surface area contributed by atoms with E-state index in [1.54, 1.807) is 6.92 Å². The topological polar surface area (TPSA) is 34.1 Å². The summed E-state index contributed by atoms with van der Waals surface area (Å²) in [5, 5.41) is 0. The van der Waals surface area contributed by atoms with Gasteiger partial charge in [0.1, 0.15) is 11.6 Å². The average molecular weight is 232 g/mol. The zero-order valence-corrected chi connectivity index (χ0v) is 8.94. The fraction of sp³-hybridized carbons (Fsp3) is 0.300. The zero-order valence-electron chi connectivity index (χ0n) is 8.13. The first-order valence-electron chi connectivity index (χ1n) is 4.38. The molecule has 0 aliphatic heterocycles. The van der Waals surface area contributed by atoms with Crippen molar-refractivity contribution in [1.29, 1.82) is 0 Å². The highest BCUT2D eigenvalue weighted by molar-refractivity contribution is 7.85. The maximum absolute atomic E-state index is 13.1. The SMILES string of the molecule is CCS(=O)CC(=O)c1c(F)cccc1F. The van der Waals surface area contributed by atoms with Gasteiger partial charge >= 0.3 is 0 Å². The van der Waals surface area contributed by atoms with Crippen LogP contribution in [0.2, 0.25) is 0 Å². The van der Waals surface area contributed by atoms with E-state index in [0.717, 1.165) is 12.1 Å². The first-order valence-corrected chi connectivity index (χ1v) is 5.87. The van der Waals surface area contributed by atoms with E-state index in [9.17, 15) is 17.8 Å². The summed E-state index contributed by atoms with van der Waals surface area (Å²) in [4.78, 5) is 11.4. The van der Waals surface area contributed by atoms with E-state index < -0.39 is 33.8 Å². The summed E-state index contributed by atoms with van der Waals surface area (Å²) >= 11 is 0. The fourth-order valence-electron chi connectivity index (χ4n) is 1.08. The van der Waals surface area contributed by atoms with Crippen LogP contribution in [0.5, 0.6) is 0 Å². The van der Waals surface area contributed by atoms with Crippen molar-refractivity contribution in [3.8, 4) is 0 Å². The number of carbonyl (C=O) groups excluding carboxylic acids is 1. The van der Waals surface area contributed by atoms with Crippen LogP contribution in [0.4, 0.5) is 8.78 Å². The molecule has 1 aromatic rings. The molecular weight excluding hydrogens is 222 g/mol. The predicted molar refractivity (Wildman–Crippen MR) is 54.2 cm³/mol. The highest BCUT2D eigenvalue weighted by atomic mass is 32.2. The quantitative estimate of drug-likeness (QED) is 0.743. The molecule has 0 amide bonds. The minimum Gasteiger partial charge on any atom is -0.293 e. The van der Waals surface area contributed by atoms with Gasteiger partial charge in [-0.1, -0.05) is 13.0 Å². The maximum atomic E-state index is 13.1. The van der Waals surface area contributed by atoms with Gasteiger partial charge in [0, 0.05) is 16.6 Å². The molecule has 5 heteroatoms. The summed E-state index contributed by atoms with van der Waals surface area (Å²) in [6.45, 7) is 1.64. The molecule has 1 aromatic carbocycles. The number of carbonyl (C=O) groups is 1. The summed E-state index contributed by atoms with van der Waals surface area (Å²) in [5.74, 6) is -2.62. The molecule has 1 atom stereocenters. The molecular formula is C10H10F2O2S. The van der Waals surface area contributed by atoms with Crippen LogP contribution in [0.25, 0.3) is 0 Å². The molecule has 0 spiro atoms. The highest BCUT2D eigenvalue weighted by Crippen LogP contribution is 2.13. The standard InChI is InChI=1S/C10H10F2O2S/c1-2-15(14)6-9(13)10-7(11)4-3-5-8(10)12/h3-5H,2,6H2,1H3. The second-order valence-corrected chi connectivity index (χ2v) is 4.64. The van der Waals surface area contributed by atoms with Gasteiger partial charge < -0.3 is 0 Å². The number of halogens is 2. The molecule has 2 nitrogen and oxygen atoms in total. The normalized spacial score (nSPS) is 12.5. The average Bonchev–Trinajstić information content (AvgIpc) is 2.17. The Bertz CT molecular complexity index is 384. The molecule has 0 heterocycles. The van der Waals surface area contributed by atoms with E-state index in [0.29, 0.717) is 5.75 Å². The Hall–Kier alpha value is -1.10. The Kier molecular flexibility index (Phi) is 4.08. The van der Waals surface area contributed by atoms with Crippen LogP contribution in [-0.2, 0) is 10.8 Å². The number of benzene rings is 1. The predicted octanol–water partition coefficient (Wildman–Crippen LogP) is 1.92. The molecule has 1 rings (SSSR count). The van der Waals surface area contributed by atoms with Gasteiger partial charge in [-0.3, -0.25) is 9.00 Å². The third-order valence-corrected chi connectivity index (χ3v) is 3.08. The third kappa shape index (κ3) is 2.92. The van der Waals surface area contributed by atoms with Gasteiger partial charge in [-0.15, -0.1) is 0 Å². The molecule has 0 aliphatic rings. The molecule has 0 saturated heterocycles. The summed E-state index contributed by atoms with van der Waals surface area (Å²) in [6.07, 6.45) is 0. The second kappa shape index (κ2) is 5.11. The van der Waals surface area contributed by atoms with Crippen LogP contribution >= 0.6 is 0 Å². The van der Waals surface area contributed by atoms with Crippen molar-refractivity contribution in [2.45, 2.75) is 6.92 Å². The molecule has 1 unspecified atom stereocenters. The smallest absolute Gasteiger partial charge is 0.181 e. The largest absolute Gasteiger partial charge is 0.293 e. The molecule has 0 fully saturated rings. The second-order valence-electron chi connectivity index (χ2n) is 2.89. The molecule has 0 radical (unpaired) electrons. The number of rotatable bonds is 4. The van der Waals surface area contributed by atoms with Gasteiger partial charge in [-0.05, 0) is 12.1 Å². The summed E-state index contributed by atoms with van der Waals surface area (Å²) < 4.78 is 37.3. The van der Waals surface area contributed by atoms with Crippen molar-refractivity contribution < 1.29 is 17.8 Å². The maximum Gasteiger partial charge on any atom is 0.181 e. The lowest BCUT2D eigenvalue weighted by Crippen LogP contribution is -2.15. The Morgan fingerprint density at radius 2 is 1.87 bits per heavy atom. The first kappa shape index (κ1) is 12.0.